The van der Waals surface area contributed by atoms with Gasteiger partial charge in [0, 0.05) is 0 Å². The highest BCUT2D eigenvalue weighted by Crippen LogP contribution is 2.33. The van der Waals surface area contributed by atoms with Crippen molar-refractivity contribution in [2.24, 2.45) is 0 Å². The zero-order valence-electron chi connectivity index (χ0n) is 8.78. The number of hydrogen-bond acceptors (Lipinski definition) is 2. The Labute approximate surface area is 93.1 Å². The van der Waals surface area contributed by atoms with Crippen LogP contribution in [0.3, 0.4) is 0 Å². The minimum Gasteiger partial charge on any atom is -0.450 e. The van der Waals surface area contributed by atoms with Gasteiger partial charge in [-0.2, -0.15) is 26.3 Å². The first-order valence-corrected chi connectivity index (χ1v) is 4.65. The topological polar surface area (TPSA) is 38.3 Å². The molecule has 0 aromatic heterocycles. The average molecular weight is 267 g/mol. The second-order valence-electron chi connectivity index (χ2n) is 3.15. The molecule has 1 amide bonds. The van der Waals surface area contributed by atoms with Crippen molar-refractivity contribution in [3.63, 3.8) is 0 Å². The van der Waals surface area contributed by atoms with Crippen LogP contribution < -0.4 is 5.32 Å². The molecule has 0 radical (unpaired) electrons. The molecule has 0 bridgehead atoms. The number of unbranched alkanes of at least 4 members (excludes halogenated alkanes) is 1. The van der Waals surface area contributed by atoms with Gasteiger partial charge in [-0.3, -0.25) is 0 Å². The maximum atomic E-state index is 12.0. The summed E-state index contributed by atoms with van der Waals surface area (Å²) < 4.78 is 76.0. The minimum absolute atomic E-state index is 0.231. The molecule has 9 heteroatoms. The summed E-state index contributed by atoms with van der Waals surface area (Å²) in [5.41, 5.74) is 0. The van der Waals surface area contributed by atoms with Crippen molar-refractivity contribution in [2.45, 2.75) is 38.2 Å². The van der Waals surface area contributed by atoms with Crippen LogP contribution in [0.25, 0.3) is 0 Å². The van der Waals surface area contributed by atoms with Crippen LogP contribution in [0, 0.1) is 0 Å². The van der Waals surface area contributed by atoms with Crippen LogP contribution >= 0.6 is 0 Å². The fourth-order valence-corrected chi connectivity index (χ4v) is 0.818. The van der Waals surface area contributed by atoms with Gasteiger partial charge in [-0.1, -0.05) is 13.3 Å². The van der Waals surface area contributed by atoms with Crippen LogP contribution in [-0.4, -0.2) is 31.1 Å². The highest BCUT2D eigenvalue weighted by atomic mass is 19.4. The van der Waals surface area contributed by atoms with Gasteiger partial charge in [0.05, 0.1) is 6.61 Å². The first-order valence-electron chi connectivity index (χ1n) is 4.65. The van der Waals surface area contributed by atoms with Crippen molar-refractivity contribution >= 4 is 6.09 Å². The lowest BCUT2D eigenvalue weighted by Gasteiger charge is -2.23. The zero-order valence-corrected chi connectivity index (χ0v) is 8.78. The van der Waals surface area contributed by atoms with E-state index in [1.54, 1.807) is 6.92 Å². The molecule has 0 rings (SSSR count). The molecule has 0 fully saturated rings. The Balaban J connectivity index is 4.41. The van der Waals surface area contributed by atoms with Crippen molar-refractivity contribution in [1.29, 1.82) is 0 Å². The van der Waals surface area contributed by atoms with Gasteiger partial charge in [0.2, 0.25) is 6.04 Å². The van der Waals surface area contributed by atoms with E-state index < -0.39 is 24.5 Å². The molecular weight excluding hydrogens is 256 g/mol. The van der Waals surface area contributed by atoms with E-state index in [-0.39, 0.29) is 6.61 Å². The van der Waals surface area contributed by atoms with Crippen molar-refractivity contribution in [3.05, 3.63) is 0 Å². The predicted octanol–water partition coefficient (Wildman–Crippen LogP) is 3.01. The van der Waals surface area contributed by atoms with E-state index in [2.05, 4.69) is 4.74 Å². The number of alkyl halides is 6. The lowest BCUT2D eigenvalue weighted by Crippen LogP contribution is -2.54. The van der Waals surface area contributed by atoms with Crippen molar-refractivity contribution in [1.82, 2.24) is 5.32 Å². The maximum absolute atomic E-state index is 12.0. The molecule has 102 valence electrons. The molecule has 0 unspecified atom stereocenters. The van der Waals surface area contributed by atoms with E-state index in [0.29, 0.717) is 12.8 Å². The number of hydrogen-bond donors (Lipinski definition) is 1. The van der Waals surface area contributed by atoms with Gasteiger partial charge in [-0.05, 0) is 6.42 Å². The number of halogens is 6. The third-order valence-electron chi connectivity index (χ3n) is 1.65. The summed E-state index contributed by atoms with van der Waals surface area (Å²) >= 11 is 0. The van der Waals surface area contributed by atoms with Gasteiger partial charge >= 0.3 is 18.4 Å². The summed E-state index contributed by atoms with van der Waals surface area (Å²) in [7, 11) is 0. The van der Waals surface area contributed by atoms with Crippen LogP contribution in [0.15, 0.2) is 0 Å². The third-order valence-corrected chi connectivity index (χ3v) is 1.65. The Morgan fingerprint density at radius 2 is 1.65 bits per heavy atom. The van der Waals surface area contributed by atoms with E-state index in [0.717, 1.165) is 5.32 Å². The number of carbonyl (C=O) groups is 1. The minimum atomic E-state index is -5.61. The van der Waals surface area contributed by atoms with Gasteiger partial charge in [-0.15, -0.1) is 0 Å². The van der Waals surface area contributed by atoms with E-state index in [4.69, 9.17) is 0 Å². The molecule has 3 nitrogen and oxygen atoms in total. The second kappa shape index (κ2) is 5.97. The lowest BCUT2D eigenvalue weighted by molar-refractivity contribution is -0.256. The molecule has 0 atom stereocenters. The van der Waals surface area contributed by atoms with Crippen LogP contribution in [-0.2, 0) is 4.74 Å². The molecule has 0 aliphatic heterocycles. The average Bonchev–Trinajstić information content (AvgIpc) is 2.11. The Hall–Kier alpha value is -1.15. The summed E-state index contributed by atoms with van der Waals surface area (Å²) in [6.45, 7) is 1.49. The standard InChI is InChI=1S/C8H11F6NO2/c1-2-3-4-17-6(16)15-5(7(9,10)11)8(12,13)14/h5H,2-4H2,1H3,(H,15,16). The highest BCUT2D eigenvalue weighted by Gasteiger charge is 2.57. The SMILES string of the molecule is CCCCOC(=O)NC(C(F)(F)F)C(F)(F)F. The Morgan fingerprint density at radius 3 is 2.00 bits per heavy atom. The van der Waals surface area contributed by atoms with E-state index >= 15 is 0 Å². The number of alkyl carbamates (subject to hydrolysis) is 1. The smallest absolute Gasteiger partial charge is 0.417 e. The summed E-state index contributed by atoms with van der Waals surface area (Å²) in [6, 6.07) is -3.91. The maximum Gasteiger partial charge on any atom is 0.417 e. The Bertz CT molecular complexity index is 235. The fourth-order valence-electron chi connectivity index (χ4n) is 0.818. The van der Waals surface area contributed by atoms with E-state index in [1.165, 1.54) is 0 Å². The molecule has 0 heterocycles. The Morgan fingerprint density at radius 1 is 1.18 bits per heavy atom. The third kappa shape index (κ3) is 6.22. The fraction of sp³-hybridized carbons (Fsp3) is 0.875. The van der Waals surface area contributed by atoms with Gasteiger partial charge in [-0.25, -0.2) is 4.79 Å². The van der Waals surface area contributed by atoms with E-state index in [9.17, 15) is 31.1 Å². The van der Waals surface area contributed by atoms with Crippen LogP contribution in [0.5, 0.6) is 0 Å². The summed E-state index contributed by atoms with van der Waals surface area (Å²) in [6.07, 6.45) is -12.0. The molecule has 0 aromatic carbocycles. The number of amides is 1. The molecular formula is C8H11F6NO2. The van der Waals surface area contributed by atoms with Crippen molar-refractivity contribution in [2.75, 3.05) is 6.61 Å². The first kappa shape index (κ1) is 15.9. The lowest BCUT2D eigenvalue weighted by atomic mass is 10.3. The number of rotatable bonds is 4. The monoisotopic (exact) mass is 267 g/mol. The van der Waals surface area contributed by atoms with Gasteiger partial charge in [0.1, 0.15) is 0 Å². The molecule has 0 aromatic rings. The molecule has 0 saturated carbocycles. The molecule has 17 heavy (non-hydrogen) atoms. The van der Waals surface area contributed by atoms with Gasteiger partial charge in [0.25, 0.3) is 0 Å². The van der Waals surface area contributed by atoms with Gasteiger partial charge < -0.3 is 10.1 Å². The zero-order chi connectivity index (χ0) is 13.7. The quantitative estimate of drug-likeness (QED) is 0.628. The van der Waals surface area contributed by atoms with Crippen molar-refractivity contribution < 1.29 is 35.9 Å². The largest absolute Gasteiger partial charge is 0.450 e. The number of carbonyl (C=O) groups excluding carboxylic acids is 1. The number of nitrogens with one attached hydrogen (secondary N) is 1. The van der Waals surface area contributed by atoms with Gasteiger partial charge in [0.15, 0.2) is 0 Å². The normalized spacial score (nSPS) is 12.7. The highest BCUT2D eigenvalue weighted by molar-refractivity contribution is 5.67. The Kier molecular flexibility index (Phi) is 5.56. The van der Waals surface area contributed by atoms with Crippen LogP contribution in [0.2, 0.25) is 0 Å². The van der Waals surface area contributed by atoms with E-state index in [1.807, 2.05) is 0 Å². The number of ether oxygens (including phenoxy) is 1. The van der Waals surface area contributed by atoms with Crippen molar-refractivity contribution in [3.8, 4) is 0 Å². The molecule has 0 aliphatic carbocycles. The predicted molar refractivity (Wildman–Crippen MR) is 45.3 cm³/mol. The summed E-state index contributed by atoms with van der Waals surface area (Å²) in [4.78, 5) is 10.7. The second-order valence-corrected chi connectivity index (χ2v) is 3.15. The molecule has 0 aliphatic rings. The molecule has 0 spiro atoms. The first-order chi connectivity index (χ1) is 7.59. The summed E-state index contributed by atoms with van der Waals surface area (Å²) in [5.74, 6) is 0. The van der Waals surface area contributed by atoms with Crippen LogP contribution in [0.4, 0.5) is 31.1 Å². The summed E-state index contributed by atoms with van der Waals surface area (Å²) in [5, 5.41) is 0.745. The molecule has 1 N–H and O–H groups in total. The molecule has 0 saturated heterocycles. The van der Waals surface area contributed by atoms with Crippen LogP contribution in [0.1, 0.15) is 19.8 Å².